The summed E-state index contributed by atoms with van der Waals surface area (Å²) in [6.07, 6.45) is 0. The van der Waals surface area contributed by atoms with Crippen molar-refractivity contribution in [2.45, 2.75) is 0 Å². The quantitative estimate of drug-likeness (QED) is 0.695. The lowest BCUT2D eigenvalue weighted by molar-refractivity contribution is -0.254. The molecule has 120 valence electrons. The lowest BCUT2D eigenvalue weighted by Gasteiger charge is -2.11. The molecule has 0 aliphatic rings. The number of carboxylic acid groups (broad SMARTS) is 1. The number of amides is 1. The van der Waals surface area contributed by atoms with Gasteiger partial charge in [-0.15, -0.1) is 0 Å². The third-order valence-electron chi connectivity index (χ3n) is 3.33. The fourth-order valence-electron chi connectivity index (χ4n) is 2.21. The van der Waals surface area contributed by atoms with E-state index in [1.165, 1.54) is 24.3 Å². The molecule has 0 fully saturated rings. The summed E-state index contributed by atoms with van der Waals surface area (Å²) in [4.78, 5) is 35.4. The van der Waals surface area contributed by atoms with Gasteiger partial charge in [0.25, 0.3) is 5.91 Å². The van der Waals surface area contributed by atoms with Gasteiger partial charge in [0.1, 0.15) is 11.1 Å². The number of nitrogens with one attached hydrogen (secondary N) is 1. The van der Waals surface area contributed by atoms with Crippen LogP contribution in [0.2, 0.25) is 0 Å². The molecule has 3 aromatic rings. The van der Waals surface area contributed by atoms with Crippen molar-refractivity contribution in [1.29, 1.82) is 0 Å². The Labute approximate surface area is 143 Å². The minimum Gasteiger partial charge on any atom is -0.545 e. The minimum atomic E-state index is -1.43. The molecule has 7 heteroatoms. The predicted molar refractivity (Wildman–Crippen MR) is 88.9 cm³/mol. The third-order valence-corrected chi connectivity index (χ3v) is 3.83. The van der Waals surface area contributed by atoms with Crippen LogP contribution in [0.3, 0.4) is 0 Å². The molecule has 0 saturated heterocycles. The largest absolute Gasteiger partial charge is 0.545 e. The maximum absolute atomic E-state index is 12.3. The Hall–Kier alpha value is -2.93. The number of para-hydroxylation sites is 1. The molecule has 1 heterocycles. The smallest absolute Gasteiger partial charge is 0.349 e. The van der Waals surface area contributed by atoms with Gasteiger partial charge in [-0.25, -0.2) is 4.79 Å². The van der Waals surface area contributed by atoms with E-state index < -0.39 is 17.5 Å². The monoisotopic (exact) mass is 386 g/mol. The van der Waals surface area contributed by atoms with Crippen molar-refractivity contribution in [3.05, 3.63) is 74.6 Å². The Morgan fingerprint density at radius 1 is 1.04 bits per heavy atom. The second-order valence-electron chi connectivity index (χ2n) is 4.92. The van der Waals surface area contributed by atoms with Gasteiger partial charge in [0, 0.05) is 15.4 Å². The minimum absolute atomic E-state index is 0.0382. The average Bonchev–Trinajstić information content (AvgIpc) is 2.54. The van der Waals surface area contributed by atoms with Crippen molar-refractivity contribution in [2.24, 2.45) is 0 Å². The Balaban J connectivity index is 2.02. The zero-order chi connectivity index (χ0) is 17.3. The van der Waals surface area contributed by atoms with E-state index in [2.05, 4.69) is 21.2 Å². The number of hydrogen-bond donors (Lipinski definition) is 1. The first-order valence-electron chi connectivity index (χ1n) is 6.81. The molecule has 0 atom stereocenters. The Bertz CT molecular complexity index is 1020. The summed E-state index contributed by atoms with van der Waals surface area (Å²) < 4.78 is 5.88. The summed E-state index contributed by atoms with van der Waals surface area (Å²) in [5.74, 6) is -2.19. The van der Waals surface area contributed by atoms with Crippen molar-refractivity contribution in [3.8, 4) is 0 Å². The highest BCUT2D eigenvalue weighted by Crippen LogP contribution is 2.20. The number of halogens is 1. The second kappa shape index (κ2) is 6.29. The van der Waals surface area contributed by atoms with Gasteiger partial charge in [-0.05, 0) is 30.3 Å². The van der Waals surface area contributed by atoms with Crippen molar-refractivity contribution in [2.75, 3.05) is 5.32 Å². The van der Waals surface area contributed by atoms with Gasteiger partial charge in [0.05, 0.1) is 11.7 Å². The van der Waals surface area contributed by atoms with Gasteiger partial charge in [-0.1, -0.05) is 34.1 Å². The molecule has 1 N–H and O–H groups in total. The number of fused-ring (bicyclic) bond motifs is 1. The molecule has 0 unspecified atom stereocenters. The average molecular weight is 387 g/mol. The van der Waals surface area contributed by atoms with Crippen LogP contribution in [-0.2, 0) is 0 Å². The Morgan fingerprint density at radius 2 is 1.79 bits per heavy atom. The van der Waals surface area contributed by atoms with Gasteiger partial charge in [0.15, 0.2) is 0 Å². The topological polar surface area (TPSA) is 99.4 Å². The number of aromatic carboxylic acids is 1. The number of rotatable bonds is 3. The van der Waals surface area contributed by atoms with Crippen LogP contribution in [0, 0.1) is 0 Å². The highest BCUT2D eigenvalue weighted by Gasteiger charge is 2.15. The van der Waals surface area contributed by atoms with Crippen LogP contribution in [0.25, 0.3) is 11.0 Å². The van der Waals surface area contributed by atoms with Gasteiger partial charge < -0.3 is 19.6 Å². The zero-order valence-electron chi connectivity index (χ0n) is 12.0. The summed E-state index contributed by atoms with van der Waals surface area (Å²) in [6.45, 7) is 0. The summed E-state index contributed by atoms with van der Waals surface area (Å²) in [5, 5.41) is 14.0. The molecule has 6 nitrogen and oxygen atoms in total. The van der Waals surface area contributed by atoms with Crippen LogP contribution in [0.15, 0.2) is 62.2 Å². The number of carboxylic acids is 1. The van der Waals surface area contributed by atoms with E-state index in [4.69, 9.17) is 4.42 Å². The first-order valence-corrected chi connectivity index (χ1v) is 7.60. The zero-order valence-corrected chi connectivity index (χ0v) is 13.6. The molecule has 1 aromatic heterocycles. The number of carbonyl (C=O) groups excluding carboxylic acids is 2. The normalized spacial score (nSPS) is 10.5. The van der Waals surface area contributed by atoms with Crippen molar-refractivity contribution >= 4 is 44.5 Å². The van der Waals surface area contributed by atoms with Crippen LogP contribution in [-0.4, -0.2) is 11.9 Å². The molecule has 0 spiro atoms. The summed E-state index contributed by atoms with van der Waals surface area (Å²) in [5.41, 5.74) is -0.841. The lowest BCUT2D eigenvalue weighted by Crippen LogP contribution is -2.26. The van der Waals surface area contributed by atoms with E-state index in [0.717, 1.165) is 4.47 Å². The SMILES string of the molecule is O=C([O-])c1ccccc1NC(=O)c1cc2cc(Br)ccc2oc1=O. The number of benzene rings is 2. The van der Waals surface area contributed by atoms with Crippen LogP contribution in [0.5, 0.6) is 0 Å². The van der Waals surface area contributed by atoms with Crippen molar-refractivity contribution in [1.82, 2.24) is 0 Å². The van der Waals surface area contributed by atoms with Gasteiger partial charge in [-0.3, -0.25) is 4.79 Å². The van der Waals surface area contributed by atoms with Crippen LogP contribution < -0.4 is 16.0 Å². The Morgan fingerprint density at radius 3 is 2.54 bits per heavy atom. The van der Waals surface area contributed by atoms with E-state index in [9.17, 15) is 19.5 Å². The molecule has 0 aliphatic carbocycles. The van der Waals surface area contributed by atoms with Gasteiger partial charge in [-0.2, -0.15) is 0 Å². The molecule has 0 saturated carbocycles. The van der Waals surface area contributed by atoms with Crippen molar-refractivity contribution < 1.29 is 19.1 Å². The fourth-order valence-corrected chi connectivity index (χ4v) is 2.59. The standard InChI is InChI=1S/C17H10BrNO5/c18-10-5-6-14-9(7-10)8-12(17(23)24-14)15(20)19-13-4-2-1-3-11(13)16(21)22/h1-8H,(H,19,20)(H,21,22)/p-1. The predicted octanol–water partition coefficient (Wildman–Crippen LogP) is 2.17. The molecule has 0 bridgehead atoms. The highest BCUT2D eigenvalue weighted by atomic mass is 79.9. The molecular weight excluding hydrogens is 378 g/mol. The summed E-state index contributed by atoms with van der Waals surface area (Å²) in [6, 6.07) is 12.2. The van der Waals surface area contributed by atoms with E-state index in [0.29, 0.717) is 11.0 Å². The van der Waals surface area contributed by atoms with E-state index in [-0.39, 0.29) is 16.8 Å². The first kappa shape index (κ1) is 15.9. The first-order chi connectivity index (χ1) is 11.5. The van der Waals surface area contributed by atoms with E-state index >= 15 is 0 Å². The van der Waals surface area contributed by atoms with E-state index in [1.807, 2.05) is 0 Å². The second-order valence-corrected chi connectivity index (χ2v) is 5.83. The molecule has 24 heavy (non-hydrogen) atoms. The number of anilines is 1. The van der Waals surface area contributed by atoms with Crippen LogP contribution in [0.1, 0.15) is 20.7 Å². The molecule has 3 rings (SSSR count). The molecule has 2 aromatic carbocycles. The highest BCUT2D eigenvalue weighted by molar-refractivity contribution is 9.10. The summed E-state index contributed by atoms with van der Waals surface area (Å²) >= 11 is 3.30. The summed E-state index contributed by atoms with van der Waals surface area (Å²) in [7, 11) is 0. The maximum Gasteiger partial charge on any atom is 0.349 e. The lowest BCUT2D eigenvalue weighted by atomic mass is 10.1. The van der Waals surface area contributed by atoms with Crippen LogP contribution >= 0.6 is 15.9 Å². The Kier molecular flexibility index (Phi) is 4.18. The number of hydrogen-bond acceptors (Lipinski definition) is 5. The molecular formula is C17H9BrNO5-. The van der Waals surface area contributed by atoms with E-state index in [1.54, 1.807) is 24.3 Å². The van der Waals surface area contributed by atoms with Crippen LogP contribution in [0.4, 0.5) is 5.69 Å². The molecule has 0 radical (unpaired) electrons. The third kappa shape index (κ3) is 3.07. The molecule has 0 aliphatic heterocycles. The van der Waals surface area contributed by atoms with Gasteiger partial charge >= 0.3 is 5.63 Å². The van der Waals surface area contributed by atoms with Gasteiger partial charge in [0.2, 0.25) is 0 Å². The maximum atomic E-state index is 12.3. The van der Waals surface area contributed by atoms with Crippen molar-refractivity contribution in [3.63, 3.8) is 0 Å². The number of carbonyl (C=O) groups is 2. The fraction of sp³-hybridized carbons (Fsp3) is 0. The molecule has 1 amide bonds.